The second kappa shape index (κ2) is 12.8. The van der Waals surface area contributed by atoms with Gasteiger partial charge in [0.05, 0.1) is 5.92 Å². The van der Waals surface area contributed by atoms with Crippen molar-refractivity contribution in [2.45, 2.75) is 129 Å². The van der Waals surface area contributed by atoms with Gasteiger partial charge in [0.2, 0.25) is 0 Å². The molecule has 1 fully saturated rings. The fourth-order valence-corrected chi connectivity index (χ4v) is 15.2. The van der Waals surface area contributed by atoms with Crippen molar-refractivity contribution < 1.29 is 19.1 Å². The Balaban J connectivity index is 2.32. The number of carbonyl (C=O) groups is 2. The van der Waals surface area contributed by atoms with Gasteiger partial charge in [0.1, 0.15) is 18.4 Å². The van der Waals surface area contributed by atoms with Crippen LogP contribution in [-0.4, -0.2) is 48.5 Å². The Morgan fingerprint density at radius 2 is 1.50 bits per heavy atom. The Kier molecular flexibility index (Phi) is 11.0. The minimum absolute atomic E-state index is 0.0316. The normalized spacial score (nSPS) is 17.9. The van der Waals surface area contributed by atoms with E-state index in [2.05, 4.69) is 77.0 Å². The molecule has 1 saturated heterocycles. The summed E-state index contributed by atoms with van der Waals surface area (Å²) in [5, 5.41) is 0. The fraction of sp³-hybridized carbons (Fsp3) is 0.742. The SMILES string of the molecule is CC(C)[Si](Sc1cccc(C[C@H](C(=O)OC(C)(C)C)[C@H]2CCN(C(=O)OC(C)(C)C)C2)c1)(C(C)C)C(C)C. The first-order valence-corrected chi connectivity index (χ1v) is 18.1. The van der Waals surface area contributed by atoms with Crippen LogP contribution >= 0.6 is 11.2 Å². The average Bonchev–Trinajstić information content (AvgIpc) is 3.23. The highest BCUT2D eigenvalue weighted by Gasteiger charge is 2.44. The molecule has 1 amide bonds. The molecule has 0 aliphatic carbocycles. The summed E-state index contributed by atoms with van der Waals surface area (Å²) in [5.74, 6) is -0.463. The Hall–Kier alpha value is -1.47. The fourth-order valence-electron chi connectivity index (χ4n) is 5.98. The summed E-state index contributed by atoms with van der Waals surface area (Å²) in [6, 6.07) is 8.78. The molecule has 5 nitrogen and oxygen atoms in total. The summed E-state index contributed by atoms with van der Waals surface area (Å²) >= 11 is 2.12. The maximum absolute atomic E-state index is 13.5. The van der Waals surface area contributed by atoms with Gasteiger partial charge < -0.3 is 14.4 Å². The molecule has 0 radical (unpaired) electrons. The number of amides is 1. The van der Waals surface area contributed by atoms with Gasteiger partial charge >= 0.3 is 12.1 Å². The zero-order chi connectivity index (χ0) is 29.1. The van der Waals surface area contributed by atoms with E-state index < -0.39 is 18.4 Å². The number of likely N-dealkylation sites (tertiary alicyclic amines) is 1. The number of esters is 1. The molecular weight excluding hydrogens is 510 g/mol. The molecule has 0 aromatic heterocycles. The third-order valence-electron chi connectivity index (χ3n) is 7.51. The van der Waals surface area contributed by atoms with Crippen molar-refractivity contribution in [3.63, 3.8) is 0 Å². The predicted octanol–water partition coefficient (Wildman–Crippen LogP) is 8.71. The third-order valence-corrected chi connectivity index (χ3v) is 19.8. The van der Waals surface area contributed by atoms with Crippen LogP contribution in [0.5, 0.6) is 0 Å². The maximum atomic E-state index is 13.5. The summed E-state index contributed by atoms with van der Waals surface area (Å²) in [7, 11) is -1.68. The number of benzene rings is 1. The van der Waals surface area contributed by atoms with Gasteiger partial charge in [-0.05, 0) is 94.6 Å². The molecule has 1 heterocycles. The van der Waals surface area contributed by atoms with E-state index in [1.54, 1.807) is 4.90 Å². The Labute approximate surface area is 237 Å². The first-order valence-electron chi connectivity index (χ1n) is 14.3. The molecule has 0 bridgehead atoms. The molecule has 1 aromatic carbocycles. The van der Waals surface area contributed by atoms with Gasteiger partial charge in [0.15, 0.2) is 0 Å². The predicted molar refractivity (Wildman–Crippen MR) is 162 cm³/mol. The molecule has 0 N–H and O–H groups in total. The molecule has 38 heavy (non-hydrogen) atoms. The van der Waals surface area contributed by atoms with Crippen molar-refractivity contribution in [1.82, 2.24) is 4.90 Å². The molecule has 2 atom stereocenters. The topological polar surface area (TPSA) is 55.8 Å². The lowest BCUT2D eigenvalue weighted by atomic mass is 9.86. The molecule has 216 valence electrons. The molecule has 0 spiro atoms. The lowest BCUT2D eigenvalue weighted by molar-refractivity contribution is -0.161. The number of ether oxygens (including phenoxy) is 2. The summed E-state index contributed by atoms with van der Waals surface area (Å²) in [6.45, 7) is 26.8. The molecule has 0 unspecified atom stereocenters. The van der Waals surface area contributed by atoms with Crippen LogP contribution in [0.15, 0.2) is 29.2 Å². The van der Waals surface area contributed by atoms with Crippen molar-refractivity contribution in [2.24, 2.45) is 11.8 Å². The molecule has 1 aromatic rings. The summed E-state index contributed by atoms with van der Waals surface area (Å²) < 4.78 is 11.5. The van der Waals surface area contributed by atoms with E-state index in [0.717, 1.165) is 12.0 Å². The number of hydrogen-bond donors (Lipinski definition) is 0. The quantitative estimate of drug-likeness (QED) is 0.222. The number of hydrogen-bond acceptors (Lipinski definition) is 5. The maximum Gasteiger partial charge on any atom is 0.410 e. The zero-order valence-electron chi connectivity index (χ0n) is 26.0. The van der Waals surface area contributed by atoms with Crippen LogP contribution in [0.3, 0.4) is 0 Å². The number of carbonyl (C=O) groups excluding carboxylic acids is 2. The third kappa shape index (κ3) is 8.77. The molecule has 1 aliphatic heterocycles. The van der Waals surface area contributed by atoms with Crippen LogP contribution in [0.2, 0.25) is 16.6 Å². The summed E-state index contributed by atoms with van der Waals surface area (Å²) in [6.07, 6.45) is 1.07. The van der Waals surface area contributed by atoms with E-state index in [-0.39, 0.29) is 23.9 Å². The van der Waals surface area contributed by atoms with E-state index in [1.807, 2.05) is 41.5 Å². The Bertz CT molecular complexity index is 926. The van der Waals surface area contributed by atoms with Gasteiger partial charge in [0, 0.05) is 18.0 Å². The minimum Gasteiger partial charge on any atom is -0.460 e. The molecule has 7 heteroatoms. The Morgan fingerprint density at radius 3 is 2.00 bits per heavy atom. The van der Waals surface area contributed by atoms with Crippen molar-refractivity contribution in [3.8, 4) is 0 Å². The van der Waals surface area contributed by atoms with Crippen LogP contribution in [0.1, 0.15) is 95.1 Å². The van der Waals surface area contributed by atoms with Gasteiger partial charge in [0.25, 0.3) is 0 Å². The first kappa shape index (κ1) is 32.7. The van der Waals surface area contributed by atoms with Gasteiger partial charge in [-0.1, -0.05) is 53.7 Å². The van der Waals surface area contributed by atoms with Crippen molar-refractivity contribution in [3.05, 3.63) is 29.8 Å². The van der Waals surface area contributed by atoms with Crippen molar-refractivity contribution in [2.75, 3.05) is 13.1 Å². The Morgan fingerprint density at radius 1 is 0.947 bits per heavy atom. The van der Waals surface area contributed by atoms with Crippen molar-refractivity contribution >= 4 is 30.5 Å². The number of nitrogens with zero attached hydrogens (tertiary/aromatic N) is 1. The highest BCUT2D eigenvalue weighted by molar-refractivity contribution is 8.29. The summed E-state index contributed by atoms with van der Waals surface area (Å²) in [5.41, 5.74) is 2.01. The first-order chi connectivity index (χ1) is 17.4. The van der Waals surface area contributed by atoms with Gasteiger partial charge in [-0.15, -0.1) is 0 Å². The van der Waals surface area contributed by atoms with Crippen molar-refractivity contribution in [1.29, 1.82) is 0 Å². The zero-order valence-corrected chi connectivity index (χ0v) is 27.8. The minimum atomic E-state index is -1.68. The molecule has 1 aliphatic rings. The lowest BCUT2D eigenvalue weighted by Gasteiger charge is -2.42. The van der Waals surface area contributed by atoms with E-state index >= 15 is 0 Å². The average molecular weight is 564 g/mol. The van der Waals surface area contributed by atoms with E-state index in [4.69, 9.17) is 9.47 Å². The summed E-state index contributed by atoms with van der Waals surface area (Å²) in [4.78, 5) is 29.2. The van der Waals surface area contributed by atoms with E-state index in [9.17, 15) is 9.59 Å². The highest BCUT2D eigenvalue weighted by atomic mass is 32.4. The smallest absolute Gasteiger partial charge is 0.410 e. The van der Waals surface area contributed by atoms with Gasteiger partial charge in [-0.3, -0.25) is 4.79 Å². The second-order valence-electron chi connectivity index (χ2n) is 13.9. The monoisotopic (exact) mass is 563 g/mol. The molecule has 0 saturated carbocycles. The number of rotatable bonds is 9. The molecule has 2 rings (SSSR count). The van der Waals surface area contributed by atoms with Crippen LogP contribution in [0.25, 0.3) is 0 Å². The largest absolute Gasteiger partial charge is 0.460 e. The van der Waals surface area contributed by atoms with Gasteiger partial charge in [-0.2, -0.15) is 11.2 Å². The van der Waals surface area contributed by atoms with Crippen LogP contribution in [0, 0.1) is 11.8 Å². The highest BCUT2D eigenvalue weighted by Crippen LogP contribution is 2.52. The lowest BCUT2D eigenvalue weighted by Crippen LogP contribution is -2.41. The van der Waals surface area contributed by atoms with E-state index in [0.29, 0.717) is 36.1 Å². The van der Waals surface area contributed by atoms with Crippen LogP contribution < -0.4 is 0 Å². The van der Waals surface area contributed by atoms with Gasteiger partial charge in [-0.25, -0.2) is 4.79 Å². The van der Waals surface area contributed by atoms with E-state index in [1.165, 1.54) is 4.90 Å². The second-order valence-corrected chi connectivity index (χ2v) is 22.5. The molecular formula is C31H53NO4SSi. The van der Waals surface area contributed by atoms with Crippen LogP contribution in [0.4, 0.5) is 4.79 Å². The standard InChI is InChI=1S/C31H53NO4SSi/c1-21(2)38(22(3)4,23(5)6)37-26-15-13-14-24(18-26)19-27(28(33)35-30(7,8)9)25-16-17-32(20-25)29(34)36-31(10,11)12/h13-15,18,21-23,25,27H,16-17,19-20H2,1-12H3/t25-,27-/m0/s1. The van der Waals surface area contributed by atoms with Crippen LogP contribution in [-0.2, 0) is 20.7 Å².